The Kier molecular flexibility index (Phi) is 3.29. The van der Waals surface area contributed by atoms with Crippen molar-refractivity contribution in [3.8, 4) is 11.4 Å². The molecular formula is C17H19N3O. The molecule has 0 radical (unpaired) electrons. The van der Waals surface area contributed by atoms with Crippen molar-refractivity contribution < 1.29 is 4.74 Å². The molecule has 2 N–H and O–H groups in total. The molecule has 4 heteroatoms. The highest BCUT2D eigenvalue weighted by atomic mass is 16.5. The van der Waals surface area contributed by atoms with Gasteiger partial charge >= 0.3 is 0 Å². The Morgan fingerprint density at radius 1 is 1.19 bits per heavy atom. The fourth-order valence-electron chi connectivity index (χ4n) is 2.58. The maximum atomic E-state index is 6.17. The van der Waals surface area contributed by atoms with Crippen molar-refractivity contribution in [2.45, 2.75) is 20.8 Å². The number of aryl methyl sites for hydroxylation is 2. The number of ether oxygens (including phenoxy) is 1. The zero-order valence-corrected chi connectivity index (χ0v) is 12.6. The van der Waals surface area contributed by atoms with Crippen LogP contribution in [0.3, 0.4) is 0 Å². The molecule has 0 amide bonds. The van der Waals surface area contributed by atoms with Gasteiger partial charge in [0.25, 0.3) is 0 Å². The molecule has 0 aliphatic carbocycles. The average molecular weight is 281 g/mol. The fourth-order valence-corrected chi connectivity index (χ4v) is 2.58. The van der Waals surface area contributed by atoms with Crippen LogP contribution >= 0.6 is 0 Å². The molecule has 4 nitrogen and oxygen atoms in total. The molecule has 2 aromatic carbocycles. The number of para-hydroxylation sites is 1. The first-order valence-corrected chi connectivity index (χ1v) is 7.09. The minimum Gasteiger partial charge on any atom is -0.492 e. The van der Waals surface area contributed by atoms with E-state index in [0.717, 1.165) is 28.0 Å². The Balaban J connectivity index is 2.30. The Morgan fingerprint density at radius 2 is 2.00 bits per heavy atom. The Bertz CT molecular complexity index is 805. The van der Waals surface area contributed by atoms with E-state index in [1.165, 1.54) is 5.56 Å². The summed E-state index contributed by atoms with van der Waals surface area (Å²) in [7, 11) is 0. The van der Waals surface area contributed by atoms with Crippen LogP contribution in [0.1, 0.15) is 18.1 Å². The molecule has 0 saturated heterocycles. The van der Waals surface area contributed by atoms with Crippen molar-refractivity contribution >= 4 is 17.0 Å². The van der Waals surface area contributed by atoms with Crippen LogP contribution in [-0.2, 0) is 0 Å². The van der Waals surface area contributed by atoms with E-state index >= 15 is 0 Å². The highest BCUT2D eigenvalue weighted by Crippen LogP contribution is 2.31. The van der Waals surface area contributed by atoms with E-state index in [2.05, 4.69) is 37.0 Å². The van der Waals surface area contributed by atoms with Gasteiger partial charge in [-0.25, -0.2) is 4.98 Å². The van der Waals surface area contributed by atoms with E-state index in [1.807, 2.05) is 29.7 Å². The van der Waals surface area contributed by atoms with Crippen LogP contribution in [0.15, 0.2) is 36.4 Å². The fraction of sp³-hybridized carbons (Fsp3) is 0.235. The van der Waals surface area contributed by atoms with Crippen LogP contribution in [0.2, 0.25) is 0 Å². The lowest BCUT2D eigenvalue weighted by Gasteiger charge is -2.11. The Hall–Kier alpha value is -2.49. The third-order valence-electron chi connectivity index (χ3n) is 3.58. The standard InChI is InChI=1S/C17H19N3O/c1-4-21-15-7-5-6-13-16(15)19-17(18)20(13)14-10-11(2)8-9-12(14)3/h5-10H,4H2,1-3H3,(H2,18,19). The van der Waals surface area contributed by atoms with Crippen LogP contribution in [0.5, 0.6) is 5.75 Å². The van der Waals surface area contributed by atoms with Crippen LogP contribution in [-0.4, -0.2) is 16.2 Å². The van der Waals surface area contributed by atoms with Gasteiger partial charge in [0, 0.05) is 0 Å². The van der Waals surface area contributed by atoms with E-state index in [1.54, 1.807) is 0 Å². The number of benzene rings is 2. The lowest BCUT2D eigenvalue weighted by Crippen LogP contribution is -2.02. The van der Waals surface area contributed by atoms with Crippen molar-refractivity contribution in [1.29, 1.82) is 0 Å². The zero-order valence-electron chi connectivity index (χ0n) is 12.6. The van der Waals surface area contributed by atoms with Gasteiger partial charge in [0.15, 0.2) is 0 Å². The summed E-state index contributed by atoms with van der Waals surface area (Å²) >= 11 is 0. The predicted molar refractivity (Wildman–Crippen MR) is 86.1 cm³/mol. The molecule has 108 valence electrons. The summed E-state index contributed by atoms with van der Waals surface area (Å²) in [5.74, 6) is 1.25. The average Bonchev–Trinajstić information content (AvgIpc) is 2.79. The molecule has 0 atom stereocenters. The summed E-state index contributed by atoms with van der Waals surface area (Å²) in [6.45, 7) is 6.72. The molecule has 3 aromatic rings. The van der Waals surface area contributed by atoms with Gasteiger partial charge in [0.05, 0.1) is 17.8 Å². The smallest absolute Gasteiger partial charge is 0.206 e. The maximum Gasteiger partial charge on any atom is 0.206 e. The molecular weight excluding hydrogens is 262 g/mol. The van der Waals surface area contributed by atoms with Gasteiger partial charge in [-0.05, 0) is 50.1 Å². The molecule has 21 heavy (non-hydrogen) atoms. The molecule has 1 aromatic heterocycles. The van der Waals surface area contributed by atoms with Crippen molar-refractivity contribution in [3.63, 3.8) is 0 Å². The van der Waals surface area contributed by atoms with Crippen LogP contribution < -0.4 is 10.5 Å². The highest BCUT2D eigenvalue weighted by molar-refractivity contribution is 5.86. The number of imidazole rings is 1. The maximum absolute atomic E-state index is 6.17. The largest absolute Gasteiger partial charge is 0.492 e. The number of nitrogens with zero attached hydrogens (tertiary/aromatic N) is 2. The number of hydrogen-bond acceptors (Lipinski definition) is 3. The summed E-state index contributed by atoms with van der Waals surface area (Å²) in [4.78, 5) is 4.49. The van der Waals surface area contributed by atoms with Gasteiger partial charge in [0.2, 0.25) is 5.95 Å². The number of aromatic nitrogens is 2. The predicted octanol–water partition coefficient (Wildman–Crippen LogP) is 3.62. The highest BCUT2D eigenvalue weighted by Gasteiger charge is 2.15. The quantitative estimate of drug-likeness (QED) is 0.797. The minimum atomic E-state index is 0.478. The minimum absolute atomic E-state index is 0.478. The SMILES string of the molecule is CCOc1cccc2c1nc(N)n2-c1cc(C)ccc1C. The third kappa shape index (κ3) is 2.23. The van der Waals surface area contributed by atoms with Gasteiger partial charge in [-0.15, -0.1) is 0 Å². The molecule has 0 spiro atoms. The van der Waals surface area contributed by atoms with Gasteiger partial charge in [-0.1, -0.05) is 18.2 Å². The van der Waals surface area contributed by atoms with Crippen LogP contribution in [0.4, 0.5) is 5.95 Å². The van der Waals surface area contributed by atoms with Crippen molar-refractivity contribution in [3.05, 3.63) is 47.5 Å². The Morgan fingerprint density at radius 3 is 2.76 bits per heavy atom. The van der Waals surface area contributed by atoms with E-state index in [4.69, 9.17) is 10.5 Å². The second-order valence-corrected chi connectivity index (χ2v) is 5.15. The molecule has 1 heterocycles. The molecule has 0 aliphatic heterocycles. The summed E-state index contributed by atoms with van der Waals surface area (Å²) in [6, 6.07) is 12.2. The summed E-state index contributed by atoms with van der Waals surface area (Å²) in [5, 5.41) is 0. The summed E-state index contributed by atoms with van der Waals surface area (Å²) in [5.41, 5.74) is 11.3. The van der Waals surface area contributed by atoms with Crippen molar-refractivity contribution in [1.82, 2.24) is 9.55 Å². The van der Waals surface area contributed by atoms with E-state index in [9.17, 15) is 0 Å². The van der Waals surface area contributed by atoms with Crippen LogP contribution in [0, 0.1) is 13.8 Å². The van der Waals surface area contributed by atoms with E-state index < -0.39 is 0 Å². The lowest BCUT2D eigenvalue weighted by atomic mass is 10.1. The molecule has 0 unspecified atom stereocenters. The second kappa shape index (κ2) is 5.13. The number of nitrogen functional groups attached to an aromatic ring is 1. The van der Waals surface area contributed by atoms with Crippen molar-refractivity contribution in [2.75, 3.05) is 12.3 Å². The first-order chi connectivity index (χ1) is 10.1. The van der Waals surface area contributed by atoms with Gasteiger partial charge < -0.3 is 10.5 Å². The topological polar surface area (TPSA) is 53.1 Å². The van der Waals surface area contributed by atoms with Gasteiger partial charge in [-0.2, -0.15) is 0 Å². The molecule has 0 aliphatic rings. The molecule has 0 fully saturated rings. The first kappa shape index (κ1) is 13.5. The van der Waals surface area contributed by atoms with Gasteiger partial charge in [0.1, 0.15) is 11.3 Å². The molecule has 0 bridgehead atoms. The van der Waals surface area contributed by atoms with Crippen LogP contribution in [0.25, 0.3) is 16.7 Å². The number of hydrogen-bond donors (Lipinski definition) is 1. The second-order valence-electron chi connectivity index (χ2n) is 5.15. The normalized spacial score (nSPS) is 11.0. The molecule has 3 rings (SSSR count). The zero-order chi connectivity index (χ0) is 15.0. The van der Waals surface area contributed by atoms with Gasteiger partial charge in [-0.3, -0.25) is 4.57 Å². The Labute approximate surface area is 124 Å². The third-order valence-corrected chi connectivity index (χ3v) is 3.58. The summed E-state index contributed by atoms with van der Waals surface area (Å²) < 4.78 is 7.63. The first-order valence-electron chi connectivity index (χ1n) is 7.09. The van der Waals surface area contributed by atoms with Crippen molar-refractivity contribution in [2.24, 2.45) is 0 Å². The number of rotatable bonds is 3. The summed E-state index contributed by atoms with van der Waals surface area (Å²) in [6.07, 6.45) is 0. The molecule has 0 saturated carbocycles. The number of fused-ring (bicyclic) bond motifs is 1. The lowest BCUT2D eigenvalue weighted by molar-refractivity contribution is 0.344. The number of anilines is 1. The van der Waals surface area contributed by atoms with E-state index in [0.29, 0.717) is 12.6 Å². The monoisotopic (exact) mass is 281 g/mol. The number of nitrogens with two attached hydrogens (primary N) is 1. The van der Waals surface area contributed by atoms with E-state index in [-0.39, 0.29) is 0 Å².